The van der Waals surface area contributed by atoms with Crippen molar-refractivity contribution in [2.45, 2.75) is 19.4 Å². The van der Waals surface area contributed by atoms with E-state index in [1.807, 2.05) is 4.90 Å². The summed E-state index contributed by atoms with van der Waals surface area (Å²) in [6.07, 6.45) is 1.47. The minimum absolute atomic E-state index is 0.0152. The van der Waals surface area contributed by atoms with Gasteiger partial charge in [0.25, 0.3) is 0 Å². The number of carbonyl (C=O) groups is 2. The van der Waals surface area contributed by atoms with Gasteiger partial charge in [0.1, 0.15) is 5.82 Å². The molecule has 1 aromatic carbocycles. The van der Waals surface area contributed by atoms with Crippen LogP contribution in [-0.4, -0.2) is 42.0 Å². The highest BCUT2D eigenvalue weighted by atomic mass is 19.1. The lowest BCUT2D eigenvalue weighted by molar-refractivity contribution is -0.125. The van der Waals surface area contributed by atoms with Gasteiger partial charge < -0.3 is 10.4 Å². The molecule has 0 spiro atoms. The van der Waals surface area contributed by atoms with Crippen molar-refractivity contribution in [2.24, 2.45) is 5.92 Å². The molecule has 0 unspecified atom stereocenters. The molecule has 1 amide bonds. The zero-order valence-corrected chi connectivity index (χ0v) is 11.9. The number of benzene rings is 1. The van der Waals surface area contributed by atoms with Crippen molar-refractivity contribution in [1.29, 1.82) is 0 Å². The lowest BCUT2D eigenvalue weighted by Gasteiger charge is -2.31. The summed E-state index contributed by atoms with van der Waals surface area (Å²) in [7, 11) is 1.63. The van der Waals surface area contributed by atoms with Crippen molar-refractivity contribution >= 4 is 11.9 Å². The van der Waals surface area contributed by atoms with E-state index in [2.05, 4.69) is 5.32 Å². The molecule has 6 heteroatoms. The van der Waals surface area contributed by atoms with Gasteiger partial charge in [-0.05, 0) is 44.1 Å². The van der Waals surface area contributed by atoms with Gasteiger partial charge in [0.2, 0.25) is 5.91 Å². The van der Waals surface area contributed by atoms with E-state index in [4.69, 9.17) is 5.11 Å². The van der Waals surface area contributed by atoms with Crippen molar-refractivity contribution in [1.82, 2.24) is 10.2 Å². The zero-order valence-electron chi connectivity index (χ0n) is 11.9. The van der Waals surface area contributed by atoms with E-state index in [0.717, 1.165) is 12.8 Å². The number of carboxylic acid groups (broad SMARTS) is 1. The number of likely N-dealkylation sites (tertiary alicyclic amines) is 1. The van der Waals surface area contributed by atoms with E-state index in [-0.39, 0.29) is 17.4 Å². The lowest BCUT2D eigenvalue weighted by Crippen LogP contribution is -2.39. The number of nitrogens with zero attached hydrogens (tertiary/aromatic N) is 1. The maximum Gasteiger partial charge on any atom is 0.335 e. The average Bonchev–Trinajstić information content (AvgIpc) is 2.49. The second-order valence-electron chi connectivity index (χ2n) is 5.28. The van der Waals surface area contributed by atoms with E-state index in [9.17, 15) is 14.0 Å². The van der Waals surface area contributed by atoms with E-state index in [0.29, 0.717) is 25.2 Å². The quantitative estimate of drug-likeness (QED) is 0.882. The number of nitrogens with one attached hydrogen (secondary N) is 1. The molecule has 1 saturated heterocycles. The first-order valence-corrected chi connectivity index (χ1v) is 6.97. The molecule has 1 heterocycles. The summed E-state index contributed by atoms with van der Waals surface area (Å²) in [6.45, 7) is 1.77. The maximum absolute atomic E-state index is 13.8. The Labute approximate surface area is 122 Å². The second kappa shape index (κ2) is 6.67. The number of hydrogen-bond donors (Lipinski definition) is 2. The number of amides is 1. The summed E-state index contributed by atoms with van der Waals surface area (Å²) in [5.41, 5.74) is 0.472. The van der Waals surface area contributed by atoms with Crippen LogP contribution < -0.4 is 5.32 Å². The van der Waals surface area contributed by atoms with E-state index >= 15 is 0 Å². The van der Waals surface area contributed by atoms with Crippen LogP contribution in [0.1, 0.15) is 28.8 Å². The molecule has 0 radical (unpaired) electrons. The molecule has 114 valence electrons. The summed E-state index contributed by atoms with van der Waals surface area (Å²) < 4.78 is 13.8. The van der Waals surface area contributed by atoms with Crippen molar-refractivity contribution < 1.29 is 19.1 Å². The number of aromatic carboxylic acids is 1. The van der Waals surface area contributed by atoms with E-state index in [1.54, 1.807) is 7.05 Å². The summed E-state index contributed by atoms with van der Waals surface area (Å²) in [5, 5.41) is 11.6. The summed E-state index contributed by atoms with van der Waals surface area (Å²) >= 11 is 0. The molecule has 1 aromatic rings. The molecule has 2 N–H and O–H groups in total. The van der Waals surface area contributed by atoms with Crippen molar-refractivity contribution in [3.8, 4) is 0 Å². The van der Waals surface area contributed by atoms with Gasteiger partial charge in [-0.2, -0.15) is 0 Å². The highest BCUT2D eigenvalue weighted by Gasteiger charge is 2.24. The molecule has 21 heavy (non-hydrogen) atoms. The standard InChI is InChI=1S/C15H19FN2O3/c1-17-14(19)10-4-6-18(7-5-10)9-12-8-11(15(20)21)2-3-13(12)16/h2-3,8,10H,4-7,9H2,1H3,(H,17,19)(H,20,21). The number of halogens is 1. The Morgan fingerprint density at radius 3 is 2.62 bits per heavy atom. The fourth-order valence-corrected chi connectivity index (χ4v) is 2.63. The van der Waals surface area contributed by atoms with Crippen LogP contribution in [0.15, 0.2) is 18.2 Å². The van der Waals surface area contributed by atoms with Crippen LogP contribution in [0.25, 0.3) is 0 Å². The number of carbonyl (C=O) groups excluding carboxylic acids is 1. The Kier molecular flexibility index (Phi) is 4.90. The van der Waals surface area contributed by atoms with Gasteiger partial charge in [-0.15, -0.1) is 0 Å². The molecule has 2 rings (SSSR count). The fraction of sp³-hybridized carbons (Fsp3) is 0.467. The molecule has 0 atom stereocenters. The van der Waals surface area contributed by atoms with Gasteiger partial charge in [0, 0.05) is 25.1 Å². The van der Waals surface area contributed by atoms with Gasteiger partial charge in [0.05, 0.1) is 5.56 Å². The minimum Gasteiger partial charge on any atom is -0.478 e. The van der Waals surface area contributed by atoms with Gasteiger partial charge in [-0.3, -0.25) is 9.69 Å². The predicted molar refractivity (Wildman–Crippen MR) is 75.4 cm³/mol. The van der Waals surface area contributed by atoms with Gasteiger partial charge in [0.15, 0.2) is 0 Å². The monoisotopic (exact) mass is 294 g/mol. The van der Waals surface area contributed by atoms with Crippen molar-refractivity contribution in [3.63, 3.8) is 0 Å². The van der Waals surface area contributed by atoms with Crippen LogP contribution in [0, 0.1) is 11.7 Å². The van der Waals surface area contributed by atoms with Gasteiger partial charge in [-0.1, -0.05) is 0 Å². The Morgan fingerprint density at radius 2 is 2.05 bits per heavy atom. The highest BCUT2D eigenvalue weighted by Crippen LogP contribution is 2.20. The molecular weight excluding hydrogens is 275 g/mol. The zero-order chi connectivity index (χ0) is 15.4. The molecule has 5 nitrogen and oxygen atoms in total. The Morgan fingerprint density at radius 1 is 1.38 bits per heavy atom. The smallest absolute Gasteiger partial charge is 0.335 e. The molecule has 0 aromatic heterocycles. The third kappa shape index (κ3) is 3.78. The molecular formula is C15H19FN2O3. The van der Waals surface area contributed by atoms with Gasteiger partial charge in [-0.25, -0.2) is 9.18 Å². The second-order valence-corrected chi connectivity index (χ2v) is 5.28. The molecule has 1 aliphatic heterocycles. The van der Waals surface area contributed by atoms with Crippen molar-refractivity contribution in [2.75, 3.05) is 20.1 Å². The summed E-state index contributed by atoms with van der Waals surface area (Å²) in [6, 6.07) is 3.83. The van der Waals surface area contributed by atoms with E-state index < -0.39 is 11.8 Å². The fourth-order valence-electron chi connectivity index (χ4n) is 2.63. The van der Waals surface area contributed by atoms with Crippen LogP contribution in [-0.2, 0) is 11.3 Å². The van der Waals surface area contributed by atoms with Crippen LogP contribution in [0.5, 0.6) is 0 Å². The first kappa shape index (κ1) is 15.4. The third-order valence-electron chi connectivity index (χ3n) is 3.89. The number of hydrogen-bond acceptors (Lipinski definition) is 3. The summed E-state index contributed by atoms with van der Waals surface area (Å²) in [4.78, 5) is 24.5. The Balaban J connectivity index is 1.99. The molecule has 0 bridgehead atoms. The van der Waals surface area contributed by atoms with Crippen LogP contribution in [0.2, 0.25) is 0 Å². The van der Waals surface area contributed by atoms with Crippen LogP contribution in [0.3, 0.4) is 0 Å². The van der Waals surface area contributed by atoms with Crippen LogP contribution >= 0.6 is 0 Å². The molecule has 1 aliphatic rings. The predicted octanol–water partition coefficient (Wildman–Crippen LogP) is 1.48. The third-order valence-corrected chi connectivity index (χ3v) is 3.89. The highest BCUT2D eigenvalue weighted by molar-refractivity contribution is 5.87. The summed E-state index contributed by atoms with van der Waals surface area (Å²) in [5.74, 6) is -1.39. The van der Waals surface area contributed by atoms with Crippen LogP contribution in [0.4, 0.5) is 4.39 Å². The number of rotatable bonds is 4. The minimum atomic E-state index is -1.06. The number of piperidine rings is 1. The lowest BCUT2D eigenvalue weighted by atomic mass is 9.95. The first-order valence-electron chi connectivity index (χ1n) is 6.97. The van der Waals surface area contributed by atoms with Gasteiger partial charge >= 0.3 is 5.97 Å². The first-order chi connectivity index (χ1) is 10.0. The Bertz CT molecular complexity index is 540. The van der Waals surface area contributed by atoms with E-state index in [1.165, 1.54) is 18.2 Å². The molecule has 0 aliphatic carbocycles. The topological polar surface area (TPSA) is 69.6 Å². The molecule has 1 fully saturated rings. The Hall–Kier alpha value is -1.95. The maximum atomic E-state index is 13.8. The normalized spacial score (nSPS) is 16.7. The average molecular weight is 294 g/mol. The van der Waals surface area contributed by atoms with Crippen molar-refractivity contribution in [3.05, 3.63) is 35.1 Å². The number of carboxylic acids is 1. The largest absolute Gasteiger partial charge is 0.478 e. The molecule has 0 saturated carbocycles. The SMILES string of the molecule is CNC(=O)C1CCN(Cc2cc(C(=O)O)ccc2F)CC1.